The van der Waals surface area contributed by atoms with E-state index in [-0.39, 0.29) is 11.9 Å². The van der Waals surface area contributed by atoms with Crippen LogP contribution >= 0.6 is 0 Å². The van der Waals surface area contributed by atoms with E-state index >= 15 is 0 Å². The summed E-state index contributed by atoms with van der Waals surface area (Å²) in [5.74, 6) is 1.22. The van der Waals surface area contributed by atoms with Gasteiger partial charge in [0, 0.05) is 17.7 Å². The molecule has 0 fully saturated rings. The average Bonchev–Trinajstić information content (AvgIpc) is 2.48. The summed E-state index contributed by atoms with van der Waals surface area (Å²) in [5.41, 5.74) is 1.85. The van der Waals surface area contributed by atoms with Crippen molar-refractivity contribution < 1.29 is 13.9 Å². The highest BCUT2D eigenvalue weighted by Crippen LogP contribution is 2.37. The van der Waals surface area contributed by atoms with E-state index in [0.29, 0.717) is 12.4 Å². The topological polar surface area (TPSA) is 18.5 Å². The monoisotopic (exact) mass is 270 g/mol. The first kappa shape index (κ1) is 12.9. The molecule has 1 aliphatic rings. The zero-order chi connectivity index (χ0) is 13.9. The summed E-state index contributed by atoms with van der Waals surface area (Å²) >= 11 is 0. The van der Waals surface area contributed by atoms with E-state index in [1.165, 1.54) is 12.1 Å². The molecule has 0 radical (unpaired) electrons. The van der Waals surface area contributed by atoms with Crippen molar-refractivity contribution in [3.63, 3.8) is 0 Å². The van der Waals surface area contributed by atoms with Gasteiger partial charge in [-0.3, -0.25) is 0 Å². The summed E-state index contributed by atoms with van der Waals surface area (Å²) in [4.78, 5) is 0. The molecule has 3 heteroatoms. The van der Waals surface area contributed by atoms with E-state index in [0.717, 1.165) is 16.9 Å². The van der Waals surface area contributed by atoms with Crippen LogP contribution in [0, 0.1) is 5.82 Å². The number of hydrogen-bond donors (Lipinski definition) is 0. The molecular weight excluding hydrogens is 255 g/mol. The van der Waals surface area contributed by atoms with E-state index < -0.39 is 0 Å². The number of rotatable bonds is 3. The Balaban J connectivity index is 1.99. The molecule has 2 nitrogen and oxygen atoms in total. The van der Waals surface area contributed by atoms with Gasteiger partial charge in [-0.2, -0.15) is 0 Å². The Morgan fingerprint density at radius 3 is 2.60 bits per heavy atom. The maximum absolute atomic E-state index is 13.0. The number of ether oxygens (including phenoxy) is 2. The average molecular weight is 270 g/mol. The number of halogens is 1. The van der Waals surface area contributed by atoms with Gasteiger partial charge in [0.1, 0.15) is 23.4 Å². The first-order chi connectivity index (χ1) is 9.78. The van der Waals surface area contributed by atoms with Crippen LogP contribution in [0.25, 0.3) is 5.76 Å². The second-order valence-electron chi connectivity index (χ2n) is 4.55. The lowest BCUT2D eigenvalue weighted by Gasteiger charge is -2.24. The minimum absolute atomic E-state index is 0.134. The van der Waals surface area contributed by atoms with Gasteiger partial charge < -0.3 is 9.47 Å². The third-order valence-electron chi connectivity index (χ3n) is 3.22. The molecule has 20 heavy (non-hydrogen) atoms. The lowest BCUT2D eigenvalue weighted by atomic mass is 10.0. The minimum Gasteiger partial charge on any atom is -0.457 e. The first-order valence-electron chi connectivity index (χ1n) is 6.64. The molecule has 0 amide bonds. The van der Waals surface area contributed by atoms with Crippen molar-refractivity contribution in [1.29, 1.82) is 0 Å². The zero-order valence-corrected chi connectivity index (χ0v) is 11.2. The molecule has 0 spiro atoms. The third-order valence-corrected chi connectivity index (χ3v) is 3.22. The molecular formula is C17H15FO2. The second kappa shape index (κ2) is 5.47. The van der Waals surface area contributed by atoms with Gasteiger partial charge in [0.2, 0.25) is 0 Å². The van der Waals surface area contributed by atoms with E-state index in [2.05, 4.69) is 0 Å². The van der Waals surface area contributed by atoms with Gasteiger partial charge >= 0.3 is 0 Å². The highest BCUT2D eigenvalue weighted by Gasteiger charge is 2.22. The summed E-state index contributed by atoms with van der Waals surface area (Å²) in [6, 6.07) is 14.1. The van der Waals surface area contributed by atoms with Crippen LogP contribution in [0.4, 0.5) is 4.39 Å². The normalized spacial score (nSPS) is 17.1. The van der Waals surface area contributed by atoms with Crippen LogP contribution in [-0.4, -0.2) is 6.61 Å². The smallest absolute Gasteiger partial charge is 0.133 e. The van der Waals surface area contributed by atoms with Gasteiger partial charge in [-0.1, -0.05) is 18.2 Å². The van der Waals surface area contributed by atoms with Crippen molar-refractivity contribution in [3.05, 3.63) is 71.6 Å². The fourth-order valence-corrected chi connectivity index (χ4v) is 2.28. The van der Waals surface area contributed by atoms with Crippen molar-refractivity contribution in [1.82, 2.24) is 0 Å². The van der Waals surface area contributed by atoms with E-state index in [1.54, 1.807) is 12.1 Å². The highest BCUT2D eigenvalue weighted by atomic mass is 19.1. The highest BCUT2D eigenvalue weighted by molar-refractivity contribution is 5.66. The number of hydrogen-bond acceptors (Lipinski definition) is 2. The lowest BCUT2D eigenvalue weighted by molar-refractivity contribution is 0.0918. The zero-order valence-electron chi connectivity index (χ0n) is 11.2. The summed E-state index contributed by atoms with van der Waals surface area (Å²) in [6.07, 6.45) is 1.80. The van der Waals surface area contributed by atoms with Gasteiger partial charge in [0.15, 0.2) is 0 Å². The SMILES string of the molecule is CCOC1C=C(c2ccc(F)cc2)Oc2ccccc21. The molecule has 0 aromatic heterocycles. The molecule has 3 rings (SSSR count). The molecule has 0 saturated heterocycles. The molecule has 102 valence electrons. The maximum atomic E-state index is 13.0. The van der Waals surface area contributed by atoms with Crippen molar-refractivity contribution in [2.45, 2.75) is 13.0 Å². The Hall–Kier alpha value is -2.13. The molecule has 1 atom stereocenters. The van der Waals surface area contributed by atoms with Crippen LogP contribution in [0.15, 0.2) is 54.6 Å². The maximum Gasteiger partial charge on any atom is 0.133 e. The van der Waals surface area contributed by atoms with Crippen LogP contribution in [-0.2, 0) is 4.74 Å². The van der Waals surface area contributed by atoms with Crippen molar-refractivity contribution in [3.8, 4) is 5.75 Å². The Kier molecular flexibility index (Phi) is 3.52. The Morgan fingerprint density at radius 1 is 1.10 bits per heavy atom. The van der Waals surface area contributed by atoms with Gasteiger partial charge in [-0.25, -0.2) is 4.39 Å². The Morgan fingerprint density at radius 2 is 1.85 bits per heavy atom. The van der Waals surface area contributed by atoms with Crippen LogP contribution in [0.1, 0.15) is 24.2 Å². The molecule has 0 saturated carbocycles. The number of benzene rings is 2. The standard InChI is InChI=1S/C17H15FO2/c1-2-19-17-11-16(12-7-9-13(18)10-8-12)20-15-6-4-3-5-14(15)17/h3-11,17H,2H2,1H3. The Labute approximate surface area is 117 Å². The van der Waals surface area contributed by atoms with Crippen LogP contribution in [0.3, 0.4) is 0 Å². The summed E-state index contributed by atoms with van der Waals surface area (Å²) < 4.78 is 24.7. The summed E-state index contributed by atoms with van der Waals surface area (Å²) in [5, 5.41) is 0. The fourth-order valence-electron chi connectivity index (χ4n) is 2.28. The second-order valence-corrected chi connectivity index (χ2v) is 4.55. The van der Waals surface area contributed by atoms with Crippen LogP contribution < -0.4 is 4.74 Å². The molecule has 2 aromatic rings. The summed E-state index contributed by atoms with van der Waals surface area (Å²) in [7, 11) is 0. The van der Waals surface area contributed by atoms with E-state index in [4.69, 9.17) is 9.47 Å². The quantitative estimate of drug-likeness (QED) is 0.826. The first-order valence-corrected chi connectivity index (χ1v) is 6.64. The van der Waals surface area contributed by atoms with Crippen LogP contribution in [0.2, 0.25) is 0 Å². The number of para-hydroxylation sites is 1. The van der Waals surface area contributed by atoms with Crippen molar-refractivity contribution in [2.24, 2.45) is 0 Å². The van der Waals surface area contributed by atoms with Gasteiger partial charge in [0.25, 0.3) is 0 Å². The largest absolute Gasteiger partial charge is 0.457 e. The fraction of sp³-hybridized carbons (Fsp3) is 0.176. The van der Waals surface area contributed by atoms with Crippen molar-refractivity contribution >= 4 is 5.76 Å². The molecule has 2 aromatic carbocycles. The molecule has 0 bridgehead atoms. The number of fused-ring (bicyclic) bond motifs is 1. The van der Waals surface area contributed by atoms with Crippen LogP contribution in [0.5, 0.6) is 5.75 Å². The van der Waals surface area contributed by atoms with Crippen molar-refractivity contribution in [2.75, 3.05) is 6.61 Å². The van der Waals surface area contributed by atoms with Gasteiger partial charge in [-0.15, -0.1) is 0 Å². The molecule has 1 aliphatic heterocycles. The molecule has 1 heterocycles. The minimum atomic E-state index is -0.257. The predicted octanol–water partition coefficient (Wildman–Crippen LogP) is 4.34. The van der Waals surface area contributed by atoms with E-state index in [1.807, 2.05) is 37.3 Å². The Bertz CT molecular complexity index is 632. The van der Waals surface area contributed by atoms with Gasteiger partial charge in [-0.05, 0) is 43.3 Å². The lowest BCUT2D eigenvalue weighted by Crippen LogP contribution is -2.11. The molecule has 1 unspecified atom stereocenters. The summed E-state index contributed by atoms with van der Waals surface area (Å²) in [6.45, 7) is 2.58. The third kappa shape index (κ3) is 2.45. The molecule has 0 N–H and O–H groups in total. The molecule has 0 aliphatic carbocycles. The van der Waals surface area contributed by atoms with Gasteiger partial charge in [0.05, 0.1) is 0 Å². The van der Waals surface area contributed by atoms with E-state index in [9.17, 15) is 4.39 Å². The predicted molar refractivity (Wildman–Crippen MR) is 75.8 cm³/mol.